The van der Waals surface area contributed by atoms with Gasteiger partial charge in [0.25, 0.3) is 0 Å². The van der Waals surface area contributed by atoms with Gasteiger partial charge in [0, 0.05) is 25.5 Å². The van der Waals surface area contributed by atoms with Crippen molar-refractivity contribution in [2.24, 2.45) is 0 Å². The molecule has 0 saturated heterocycles. The summed E-state index contributed by atoms with van der Waals surface area (Å²) < 4.78 is 1.93. The van der Waals surface area contributed by atoms with E-state index in [1.54, 1.807) is 11.1 Å². The second kappa shape index (κ2) is 5.53. The molecule has 0 aromatic carbocycles. The lowest BCUT2D eigenvalue weighted by Crippen LogP contribution is -2.35. The number of imidazole rings is 1. The largest absolute Gasteiger partial charge is 0.362 e. The topological polar surface area (TPSA) is 49.6 Å². The Labute approximate surface area is 106 Å². The predicted octanol–water partition coefficient (Wildman–Crippen LogP) is 1.61. The van der Waals surface area contributed by atoms with Crippen LogP contribution in [0.3, 0.4) is 0 Å². The first-order valence-electron chi connectivity index (χ1n) is 6.20. The van der Waals surface area contributed by atoms with E-state index in [9.17, 15) is 4.79 Å². The molecule has 96 valence electrons. The molecule has 1 amide bonds. The highest BCUT2D eigenvalue weighted by Crippen LogP contribution is 2.10. The number of amides is 1. The van der Waals surface area contributed by atoms with Gasteiger partial charge in [0.2, 0.25) is 5.91 Å². The summed E-state index contributed by atoms with van der Waals surface area (Å²) in [6, 6.07) is 5.79. The molecule has 0 aliphatic rings. The number of nitrogens with zero attached hydrogens (tertiary/aromatic N) is 3. The fourth-order valence-corrected chi connectivity index (χ4v) is 1.95. The molecule has 0 fully saturated rings. The molecular formula is C13H18N4O. The molecule has 0 aliphatic carbocycles. The zero-order valence-electron chi connectivity index (χ0n) is 10.8. The van der Waals surface area contributed by atoms with Gasteiger partial charge >= 0.3 is 0 Å². The molecule has 0 saturated carbocycles. The van der Waals surface area contributed by atoms with E-state index in [1.165, 1.54) is 0 Å². The van der Waals surface area contributed by atoms with Crippen molar-refractivity contribution >= 4 is 17.4 Å². The molecule has 1 N–H and O–H groups in total. The lowest BCUT2D eigenvalue weighted by Gasteiger charge is -2.19. The molecule has 5 heteroatoms. The molecule has 0 atom stereocenters. The normalized spacial score (nSPS) is 10.6. The number of carbonyl (C=O) groups excluding carboxylic acids is 1. The van der Waals surface area contributed by atoms with Gasteiger partial charge in [-0.25, -0.2) is 4.98 Å². The SMILES string of the molecule is CCN(CC)C(=O)CNc1cccc2nccn12. The third kappa shape index (κ3) is 2.45. The number of carbonyl (C=O) groups is 1. The maximum Gasteiger partial charge on any atom is 0.241 e. The van der Waals surface area contributed by atoms with Gasteiger partial charge in [-0.1, -0.05) is 6.07 Å². The second-order valence-electron chi connectivity index (χ2n) is 3.99. The van der Waals surface area contributed by atoms with Crippen LogP contribution in [0.15, 0.2) is 30.6 Å². The number of nitrogens with one attached hydrogen (secondary N) is 1. The minimum absolute atomic E-state index is 0.108. The Bertz CT molecular complexity index is 531. The minimum atomic E-state index is 0.108. The van der Waals surface area contributed by atoms with Crippen LogP contribution in [0.4, 0.5) is 5.82 Å². The fourth-order valence-electron chi connectivity index (χ4n) is 1.95. The Morgan fingerprint density at radius 3 is 2.89 bits per heavy atom. The number of pyridine rings is 1. The van der Waals surface area contributed by atoms with Crippen molar-refractivity contribution in [1.82, 2.24) is 14.3 Å². The van der Waals surface area contributed by atoms with E-state index < -0.39 is 0 Å². The van der Waals surface area contributed by atoms with Crippen molar-refractivity contribution in [2.45, 2.75) is 13.8 Å². The predicted molar refractivity (Wildman–Crippen MR) is 71.6 cm³/mol. The van der Waals surface area contributed by atoms with E-state index in [1.807, 2.05) is 42.6 Å². The van der Waals surface area contributed by atoms with Gasteiger partial charge in [-0.3, -0.25) is 9.20 Å². The van der Waals surface area contributed by atoms with Crippen molar-refractivity contribution in [1.29, 1.82) is 0 Å². The summed E-state index contributed by atoms with van der Waals surface area (Å²) in [4.78, 5) is 17.9. The van der Waals surface area contributed by atoms with Crippen LogP contribution in [0.25, 0.3) is 5.65 Å². The highest BCUT2D eigenvalue weighted by Gasteiger charge is 2.09. The summed E-state index contributed by atoms with van der Waals surface area (Å²) in [6.45, 7) is 5.76. The highest BCUT2D eigenvalue weighted by atomic mass is 16.2. The Balaban J connectivity index is 2.06. The Kier molecular flexibility index (Phi) is 3.82. The smallest absolute Gasteiger partial charge is 0.241 e. The Hall–Kier alpha value is -2.04. The monoisotopic (exact) mass is 246 g/mol. The third-order valence-corrected chi connectivity index (χ3v) is 2.97. The molecule has 0 spiro atoms. The zero-order chi connectivity index (χ0) is 13.0. The van der Waals surface area contributed by atoms with Crippen LogP contribution < -0.4 is 5.32 Å². The molecular weight excluding hydrogens is 228 g/mol. The molecule has 0 bridgehead atoms. The van der Waals surface area contributed by atoms with Crippen LogP contribution >= 0.6 is 0 Å². The summed E-state index contributed by atoms with van der Waals surface area (Å²) in [7, 11) is 0. The lowest BCUT2D eigenvalue weighted by molar-refractivity contribution is -0.128. The van der Waals surface area contributed by atoms with Crippen LogP contribution in [-0.2, 0) is 4.79 Å². The average Bonchev–Trinajstić information content (AvgIpc) is 2.86. The number of hydrogen-bond acceptors (Lipinski definition) is 3. The van der Waals surface area contributed by atoms with Gasteiger partial charge in [0.1, 0.15) is 11.5 Å². The molecule has 0 radical (unpaired) electrons. The summed E-state index contributed by atoms with van der Waals surface area (Å²) in [5.74, 6) is 0.989. The molecule has 2 rings (SSSR count). The number of fused-ring (bicyclic) bond motifs is 1. The zero-order valence-corrected chi connectivity index (χ0v) is 10.8. The van der Waals surface area contributed by atoms with Crippen molar-refractivity contribution in [3.63, 3.8) is 0 Å². The minimum Gasteiger partial charge on any atom is -0.362 e. The standard InChI is InChI=1S/C13H18N4O/c1-3-16(4-2)13(18)10-15-12-7-5-6-11-14-8-9-17(11)12/h5-9,15H,3-4,10H2,1-2H3. The van der Waals surface area contributed by atoms with Crippen LogP contribution in [0.1, 0.15) is 13.8 Å². The third-order valence-electron chi connectivity index (χ3n) is 2.97. The number of anilines is 1. The molecule has 0 unspecified atom stereocenters. The maximum atomic E-state index is 11.9. The Morgan fingerprint density at radius 2 is 2.17 bits per heavy atom. The average molecular weight is 246 g/mol. The summed E-state index contributed by atoms with van der Waals surface area (Å²) >= 11 is 0. The van der Waals surface area contributed by atoms with Crippen LogP contribution in [0.5, 0.6) is 0 Å². The van der Waals surface area contributed by atoms with E-state index in [0.29, 0.717) is 6.54 Å². The van der Waals surface area contributed by atoms with E-state index in [2.05, 4.69) is 10.3 Å². The summed E-state index contributed by atoms with van der Waals surface area (Å²) in [5.41, 5.74) is 0.871. The highest BCUT2D eigenvalue weighted by molar-refractivity contribution is 5.80. The first kappa shape index (κ1) is 12.4. The molecule has 0 aliphatic heterocycles. The molecule has 18 heavy (non-hydrogen) atoms. The number of rotatable bonds is 5. The Morgan fingerprint density at radius 1 is 1.39 bits per heavy atom. The van der Waals surface area contributed by atoms with Gasteiger partial charge in [0.05, 0.1) is 6.54 Å². The molecule has 2 aromatic rings. The van der Waals surface area contributed by atoms with E-state index in [-0.39, 0.29) is 5.91 Å². The molecule has 2 heterocycles. The van der Waals surface area contributed by atoms with Crippen molar-refractivity contribution in [3.05, 3.63) is 30.6 Å². The van der Waals surface area contributed by atoms with Crippen LogP contribution in [0.2, 0.25) is 0 Å². The lowest BCUT2D eigenvalue weighted by atomic mass is 10.4. The first-order valence-corrected chi connectivity index (χ1v) is 6.20. The van der Waals surface area contributed by atoms with Crippen LogP contribution in [0, 0.1) is 0 Å². The van der Waals surface area contributed by atoms with Gasteiger partial charge in [-0.05, 0) is 26.0 Å². The van der Waals surface area contributed by atoms with Gasteiger partial charge in [-0.15, -0.1) is 0 Å². The number of aromatic nitrogens is 2. The quantitative estimate of drug-likeness (QED) is 0.872. The van der Waals surface area contributed by atoms with Crippen molar-refractivity contribution in [3.8, 4) is 0 Å². The van der Waals surface area contributed by atoms with Crippen LogP contribution in [-0.4, -0.2) is 39.8 Å². The molecule has 2 aromatic heterocycles. The summed E-state index contributed by atoms with van der Waals surface area (Å²) in [5, 5.41) is 3.15. The van der Waals surface area contributed by atoms with Gasteiger partial charge in [-0.2, -0.15) is 0 Å². The van der Waals surface area contributed by atoms with E-state index >= 15 is 0 Å². The van der Waals surface area contributed by atoms with Crippen molar-refractivity contribution < 1.29 is 4.79 Å². The molecule has 5 nitrogen and oxygen atoms in total. The second-order valence-corrected chi connectivity index (χ2v) is 3.99. The fraction of sp³-hybridized carbons (Fsp3) is 0.385. The number of hydrogen-bond donors (Lipinski definition) is 1. The van der Waals surface area contributed by atoms with Gasteiger partial charge < -0.3 is 10.2 Å². The van der Waals surface area contributed by atoms with Crippen molar-refractivity contribution in [2.75, 3.05) is 25.0 Å². The van der Waals surface area contributed by atoms with E-state index in [0.717, 1.165) is 24.6 Å². The van der Waals surface area contributed by atoms with E-state index in [4.69, 9.17) is 0 Å². The van der Waals surface area contributed by atoms with Gasteiger partial charge in [0.15, 0.2) is 0 Å². The first-order chi connectivity index (χ1) is 8.76. The summed E-state index contributed by atoms with van der Waals surface area (Å²) in [6.07, 6.45) is 3.62. The maximum absolute atomic E-state index is 11.9. The number of likely N-dealkylation sites (N-methyl/N-ethyl adjacent to an activating group) is 1.